The zero-order valence-corrected chi connectivity index (χ0v) is 38.4. The highest BCUT2D eigenvalue weighted by atomic mass is 28.3. The van der Waals surface area contributed by atoms with E-state index in [-0.39, 0.29) is 5.92 Å². The lowest BCUT2D eigenvalue weighted by Crippen LogP contribution is -2.53. The van der Waals surface area contributed by atoms with Crippen molar-refractivity contribution in [3.63, 3.8) is 0 Å². The van der Waals surface area contributed by atoms with E-state index in [2.05, 4.69) is 257 Å². The van der Waals surface area contributed by atoms with Gasteiger partial charge in [-0.1, -0.05) is 187 Å². The largest absolute Gasteiger partial charge is 0.309 e. The van der Waals surface area contributed by atoms with Crippen LogP contribution in [0.15, 0.2) is 231 Å². The summed E-state index contributed by atoms with van der Waals surface area (Å²) < 4.78 is 7.53. The predicted molar refractivity (Wildman–Crippen MR) is 285 cm³/mol. The summed E-state index contributed by atoms with van der Waals surface area (Å²) >= 11 is 0. The number of para-hydroxylation sites is 6. The molecule has 0 unspecified atom stereocenters. The van der Waals surface area contributed by atoms with Crippen LogP contribution in [-0.2, 0) is 0 Å². The highest BCUT2D eigenvalue weighted by molar-refractivity contribution is 7.00. The van der Waals surface area contributed by atoms with Crippen molar-refractivity contribution >= 4 is 83.9 Å². The molecular formula is C63H45N3Si. The molecule has 0 fully saturated rings. The molecule has 3 nitrogen and oxygen atoms in total. The third kappa shape index (κ3) is 5.57. The fourth-order valence-electron chi connectivity index (χ4n) is 11.8. The van der Waals surface area contributed by atoms with Crippen LogP contribution in [0.4, 0.5) is 0 Å². The Balaban J connectivity index is 1.07. The predicted octanol–water partition coefficient (Wildman–Crippen LogP) is 15.0. The van der Waals surface area contributed by atoms with Gasteiger partial charge in [0.25, 0.3) is 0 Å². The van der Waals surface area contributed by atoms with E-state index in [9.17, 15) is 0 Å². The van der Waals surface area contributed by atoms with Gasteiger partial charge in [-0.15, -0.1) is 0 Å². The van der Waals surface area contributed by atoms with E-state index in [0.29, 0.717) is 0 Å². The number of rotatable bonds is 6. The van der Waals surface area contributed by atoms with Crippen LogP contribution in [0.1, 0.15) is 22.6 Å². The molecule has 1 aliphatic rings. The van der Waals surface area contributed by atoms with E-state index in [1.165, 1.54) is 121 Å². The van der Waals surface area contributed by atoms with Gasteiger partial charge in [-0.05, 0) is 94.5 Å². The molecule has 67 heavy (non-hydrogen) atoms. The Hall–Kier alpha value is -8.18. The molecule has 0 spiro atoms. The summed E-state index contributed by atoms with van der Waals surface area (Å²) in [6.07, 6.45) is 0. The van der Waals surface area contributed by atoms with Gasteiger partial charge >= 0.3 is 0 Å². The zero-order valence-electron chi connectivity index (χ0n) is 37.4. The maximum Gasteiger partial charge on any atom is 0.112 e. The first-order chi connectivity index (χ1) is 33.0. The van der Waals surface area contributed by atoms with Crippen molar-refractivity contribution in [3.8, 4) is 28.2 Å². The third-order valence-corrected chi connectivity index (χ3v) is 18.4. The Morgan fingerprint density at radius 2 is 0.582 bits per heavy atom. The maximum absolute atomic E-state index is 2.60. The van der Waals surface area contributed by atoms with Gasteiger partial charge in [0.2, 0.25) is 0 Å². The van der Waals surface area contributed by atoms with E-state index in [0.717, 1.165) is 0 Å². The van der Waals surface area contributed by atoms with Crippen LogP contribution in [-0.4, -0.2) is 21.8 Å². The molecule has 3 aromatic heterocycles. The van der Waals surface area contributed by atoms with Gasteiger partial charge in [0.05, 0.1) is 33.1 Å². The fourth-order valence-corrected chi connectivity index (χ4v) is 14.2. The van der Waals surface area contributed by atoms with Crippen LogP contribution in [0.25, 0.3) is 93.6 Å². The minimum atomic E-state index is -2.60. The van der Waals surface area contributed by atoms with Gasteiger partial charge < -0.3 is 13.7 Å². The van der Waals surface area contributed by atoms with Crippen molar-refractivity contribution in [2.45, 2.75) is 19.0 Å². The van der Waals surface area contributed by atoms with Crippen LogP contribution in [0.5, 0.6) is 0 Å². The summed E-state index contributed by atoms with van der Waals surface area (Å²) in [7, 11) is -2.60. The number of nitrogens with zero attached hydrogens (tertiary/aromatic N) is 3. The molecule has 3 heterocycles. The Labute approximate surface area is 390 Å². The van der Waals surface area contributed by atoms with Gasteiger partial charge in [0.15, 0.2) is 0 Å². The van der Waals surface area contributed by atoms with Crippen molar-refractivity contribution in [1.29, 1.82) is 0 Å². The summed E-state index contributed by atoms with van der Waals surface area (Å²) in [4.78, 5) is 0. The molecule has 0 atom stereocenters. The van der Waals surface area contributed by atoms with E-state index in [1.807, 2.05) is 0 Å². The lowest BCUT2D eigenvalue weighted by Gasteiger charge is -2.29. The fraction of sp³-hybridized carbons (Fsp3) is 0.0476. The van der Waals surface area contributed by atoms with Crippen LogP contribution in [0, 0.1) is 0 Å². The molecular weight excluding hydrogens is 827 g/mol. The molecule has 4 heteroatoms. The van der Waals surface area contributed by atoms with E-state index in [4.69, 9.17) is 0 Å². The number of fused-ring (bicyclic) bond motifs is 12. The summed E-state index contributed by atoms with van der Waals surface area (Å²) in [5.74, 6) is 0.0982. The summed E-state index contributed by atoms with van der Waals surface area (Å²) in [5, 5.41) is 10.4. The first kappa shape index (κ1) is 38.1. The number of hydrogen-bond acceptors (Lipinski definition) is 0. The monoisotopic (exact) mass is 871 g/mol. The Kier molecular flexibility index (Phi) is 8.20. The standard InChI is InChI=1S/C63H45N3Si/c1-67(2,45-36-41(63-55-27-5-3-19-47(55)48-20-4-6-28-56(48)63)35-42(38-45)64-57-29-13-7-21-49(57)50-22-8-14-30-58(50)64)46-39-43(65-59-31-15-9-23-51(59)52-24-10-16-32-60(52)65)37-44(40-46)66-61-33-17-11-25-53(61)54-26-12-18-34-62(54)66/h3-40,63H,1-2H3. The Morgan fingerprint density at radius 1 is 0.299 bits per heavy atom. The van der Waals surface area contributed by atoms with Crippen molar-refractivity contribution < 1.29 is 0 Å². The molecule has 0 saturated carbocycles. The third-order valence-electron chi connectivity index (χ3n) is 15.0. The normalized spacial score (nSPS) is 12.9. The van der Waals surface area contributed by atoms with Gasteiger partial charge in [-0.3, -0.25) is 0 Å². The first-order valence-corrected chi connectivity index (χ1v) is 26.5. The van der Waals surface area contributed by atoms with E-state index in [1.54, 1.807) is 0 Å². The van der Waals surface area contributed by atoms with Crippen LogP contribution in [0.3, 0.4) is 0 Å². The quantitative estimate of drug-likeness (QED) is 0.148. The molecule has 316 valence electrons. The van der Waals surface area contributed by atoms with Gasteiger partial charge in [-0.2, -0.15) is 0 Å². The number of hydrogen-bond donors (Lipinski definition) is 0. The van der Waals surface area contributed by atoms with Gasteiger partial charge in [-0.25, -0.2) is 0 Å². The smallest absolute Gasteiger partial charge is 0.112 e. The van der Waals surface area contributed by atoms with Crippen molar-refractivity contribution in [2.75, 3.05) is 0 Å². The average molecular weight is 872 g/mol. The van der Waals surface area contributed by atoms with Crippen molar-refractivity contribution in [1.82, 2.24) is 13.7 Å². The number of aromatic nitrogens is 3. The Bertz CT molecular complexity index is 3820. The topological polar surface area (TPSA) is 14.8 Å². The molecule has 0 aliphatic heterocycles. The van der Waals surface area contributed by atoms with Crippen LogP contribution < -0.4 is 10.4 Å². The van der Waals surface area contributed by atoms with E-state index >= 15 is 0 Å². The number of benzene rings is 10. The SMILES string of the molecule is C[Si](C)(c1cc(C2c3ccccc3-c3ccccc32)cc(-n2c3ccccc3c3ccccc32)c1)c1cc(-n2c3ccccc3c3ccccc32)cc(-n2c3ccccc3c3ccccc32)c1. The molecule has 0 radical (unpaired) electrons. The first-order valence-electron chi connectivity index (χ1n) is 23.5. The lowest BCUT2D eigenvalue weighted by molar-refractivity contribution is 1.01. The van der Waals surface area contributed by atoms with Crippen LogP contribution >= 0.6 is 0 Å². The molecule has 13 aromatic rings. The molecule has 14 rings (SSSR count). The second kappa shape index (κ2) is 14.4. The molecule has 10 aromatic carbocycles. The second-order valence-electron chi connectivity index (χ2n) is 18.9. The maximum atomic E-state index is 2.58. The van der Waals surface area contributed by atoms with Gasteiger partial charge in [0, 0.05) is 55.3 Å². The highest BCUT2D eigenvalue weighted by Crippen LogP contribution is 2.48. The van der Waals surface area contributed by atoms with E-state index < -0.39 is 8.07 Å². The van der Waals surface area contributed by atoms with Gasteiger partial charge in [0.1, 0.15) is 8.07 Å². The minimum Gasteiger partial charge on any atom is -0.309 e. The van der Waals surface area contributed by atoms with Crippen molar-refractivity contribution in [2.24, 2.45) is 0 Å². The Morgan fingerprint density at radius 3 is 0.940 bits per heavy atom. The lowest BCUT2D eigenvalue weighted by atomic mass is 9.89. The molecule has 0 amide bonds. The second-order valence-corrected chi connectivity index (χ2v) is 23.3. The molecule has 0 saturated heterocycles. The average Bonchev–Trinajstić information content (AvgIpc) is 4.11. The zero-order chi connectivity index (χ0) is 44.4. The summed E-state index contributed by atoms with van der Waals surface area (Å²) in [5.41, 5.74) is 17.6. The van der Waals surface area contributed by atoms with Crippen molar-refractivity contribution in [3.05, 3.63) is 247 Å². The molecule has 0 N–H and O–H groups in total. The minimum absolute atomic E-state index is 0.0982. The molecule has 1 aliphatic carbocycles. The summed E-state index contributed by atoms with van der Waals surface area (Å²) in [6, 6.07) is 86.6. The highest BCUT2D eigenvalue weighted by Gasteiger charge is 2.34. The molecule has 0 bridgehead atoms. The van der Waals surface area contributed by atoms with Crippen LogP contribution in [0.2, 0.25) is 13.1 Å². The summed E-state index contributed by atoms with van der Waals surface area (Å²) in [6.45, 7) is 5.14.